The summed E-state index contributed by atoms with van der Waals surface area (Å²) in [4.78, 5) is 18.3. The Morgan fingerprint density at radius 3 is 2.24 bits per heavy atom. The molecule has 34 heavy (non-hydrogen) atoms. The quantitative estimate of drug-likeness (QED) is 0.306. The van der Waals surface area contributed by atoms with Crippen LogP contribution in [-0.2, 0) is 19.4 Å². The molecule has 0 aliphatic carbocycles. The van der Waals surface area contributed by atoms with Crippen LogP contribution >= 0.6 is 0 Å². The second kappa shape index (κ2) is 9.87. The van der Waals surface area contributed by atoms with E-state index in [0.717, 1.165) is 45.8 Å². The number of aryl methyl sites for hydroxylation is 3. The van der Waals surface area contributed by atoms with Gasteiger partial charge < -0.3 is 5.73 Å². The van der Waals surface area contributed by atoms with Crippen molar-refractivity contribution in [3.8, 4) is 11.1 Å². The average molecular weight is 451 g/mol. The van der Waals surface area contributed by atoms with E-state index in [-0.39, 0.29) is 11.4 Å². The van der Waals surface area contributed by atoms with Crippen LogP contribution in [0.5, 0.6) is 0 Å². The maximum atomic E-state index is 13.5. The van der Waals surface area contributed by atoms with Gasteiger partial charge in [-0.25, -0.2) is 4.98 Å². The first-order valence-electron chi connectivity index (χ1n) is 11.5. The van der Waals surface area contributed by atoms with E-state index in [1.807, 2.05) is 62.4 Å². The molecule has 5 heteroatoms. The maximum Gasteiger partial charge on any atom is 0.257 e. The molecule has 5 nitrogen and oxygen atoms in total. The lowest BCUT2D eigenvalue weighted by molar-refractivity contribution is 0.676. The third-order valence-corrected chi connectivity index (χ3v) is 6.20. The first-order chi connectivity index (χ1) is 16.4. The van der Waals surface area contributed by atoms with Crippen molar-refractivity contribution in [1.29, 1.82) is 5.41 Å². The van der Waals surface area contributed by atoms with Gasteiger partial charge in [0.1, 0.15) is 11.7 Å². The summed E-state index contributed by atoms with van der Waals surface area (Å²) >= 11 is 0. The van der Waals surface area contributed by atoms with Gasteiger partial charge in [0.15, 0.2) is 0 Å². The average Bonchev–Trinajstić information content (AvgIpc) is 2.85. The second-order valence-corrected chi connectivity index (χ2v) is 8.65. The minimum atomic E-state index is 0.0240. The molecule has 0 amide bonds. The molecule has 4 rings (SSSR count). The molecule has 172 valence electrons. The molecule has 3 aromatic carbocycles. The van der Waals surface area contributed by atoms with E-state index >= 15 is 0 Å². The fourth-order valence-electron chi connectivity index (χ4n) is 4.26. The van der Waals surface area contributed by atoms with Crippen LogP contribution in [0.4, 0.5) is 0 Å². The Morgan fingerprint density at radius 1 is 0.941 bits per heavy atom. The van der Waals surface area contributed by atoms with Gasteiger partial charge >= 0.3 is 0 Å². The largest absolute Gasteiger partial charge is 0.384 e. The Labute approximate surface area is 200 Å². The summed E-state index contributed by atoms with van der Waals surface area (Å²) in [6.45, 7) is 6.46. The predicted molar refractivity (Wildman–Crippen MR) is 139 cm³/mol. The molecule has 0 saturated carbocycles. The van der Waals surface area contributed by atoms with E-state index in [0.29, 0.717) is 18.5 Å². The van der Waals surface area contributed by atoms with Crippen molar-refractivity contribution in [2.24, 2.45) is 5.73 Å². The SMILES string of the molecule is CCc1nc(C)n(Cc2ccc(-c3ccccc3C(=N)N)cc2)c(=O)c1Cc1ccc(C)cc1. The van der Waals surface area contributed by atoms with Crippen LogP contribution in [0.15, 0.2) is 77.6 Å². The van der Waals surface area contributed by atoms with Crippen molar-refractivity contribution >= 4 is 5.84 Å². The molecule has 1 heterocycles. The highest BCUT2D eigenvalue weighted by Crippen LogP contribution is 2.24. The molecule has 0 bridgehead atoms. The van der Waals surface area contributed by atoms with Crippen molar-refractivity contribution in [3.63, 3.8) is 0 Å². The smallest absolute Gasteiger partial charge is 0.257 e. The number of aromatic nitrogens is 2. The number of rotatable bonds is 7. The highest BCUT2D eigenvalue weighted by molar-refractivity contribution is 6.01. The third kappa shape index (κ3) is 4.84. The predicted octanol–water partition coefficient (Wildman–Crippen LogP) is 5.01. The molecule has 3 N–H and O–H groups in total. The molecule has 4 aromatic rings. The zero-order valence-corrected chi connectivity index (χ0v) is 19.9. The standard InChI is InChI=1S/C29H30N4O/c1-4-27-26(17-21-11-9-19(2)10-12-21)29(34)33(20(3)32-27)18-22-13-15-23(16-14-22)24-7-5-6-8-25(24)28(30)31/h5-16H,4,17-18H2,1-3H3,(H3,30,31). The molecular weight excluding hydrogens is 420 g/mol. The molecule has 0 aliphatic heterocycles. The Bertz CT molecular complexity index is 1380. The molecule has 0 radical (unpaired) electrons. The summed E-state index contributed by atoms with van der Waals surface area (Å²) in [6.07, 6.45) is 1.30. The van der Waals surface area contributed by atoms with Crippen molar-refractivity contribution in [2.75, 3.05) is 0 Å². The lowest BCUT2D eigenvalue weighted by Gasteiger charge is -2.15. The molecule has 0 unspecified atom stereocenters. The lowest BCUT2D eigenvalue weighted by atomic mass is 9.98. The Morgan fingerprint density at radius 2 is 1.59 bits per heavy atom. The number of amidine groups is 1. The Balaban J connectivity index is 1.66. The molecule has 0 spiro atoms. The fraction of sp³-hybridized carbons (Fsp3) is 0.207. The fourth-order valence-corrected chi connectivity index (χ4v) is 4.26. The molecule has 0 atom stereocenters. The van der Waals surface area contributed by atoms with E-state index in [9.17, 15) is 4.79 Å². The summed E-state index contributed by atoms with van der Waals surface area (Å²) in [6, 6.07) is 24.0. The van der Waals surface area contributed by atoms with Gasteiger partial charge in [0.25, 0.3) is 5.56 Å². The number of hydrogen-bond acceptors (Lipinski definition) is 3. The third-order valence-electron chi connectivity index (χ3n) is 6.20. The Hall–Kier alpha value is -3.99. The monoisotopic (exact) mass is 450 g/mol. The van der Waals surface area contributed by atoms with E-state index in [1.165, 1.54) is 5.56 Å². The Kier molecular flexibility index (Phi) is 6.73. The van der Waals surface area contributed by atoms with Gasteiger partial charge in [-0.3, -0.25) is 14.8 Å². The zero-order chi connectivity index (χ0) is 24.2. The van der Waals surface area contributed by atoms with Gasteiger partial charge in [0, 0.05) is 17.5 Å². The number of nitrogens with two attached hydrogens (primary N) is 1. The number of nitrogen functional groups attached to an aromatic ring is 1. The number of nitrogens with zero attached hydrogens (tertiary/aromatic N) is 2. The van der Waals surface area contributed by atoms with E-state index in [4.69, 9.17) is 16.1 Å². The van der Waals surface area contributed by atoms with Crippen LogP contribution in [0.25, 0.3) is 11.1 Å². The molecule has 0 fully saturated rings. The van der Waals surface area contributed by atoms with Gasteiger partial charge in [-0.05, 0) is 42.5 Å². The molecular formula is C29H30N4O. The summed E-state index contributed by atoms with van der Waals surface area (Å²) in [5.74, 6) is 0.769. The summed E-state index contributed by atoms with van der Waals surface area (Å²) in [5, 5.41) is 7.84. The highest BCUT2D eigenvalue weighted by atomic mass is 16.1. The summed E-state index contributed by atoms with van der Waals surface area (Å²) in [7, 11) is 0. The minimum absolute atomic E-state index is 0.0240. The molecule has 0 saturated heterocycles. The number of nitrogens with one attached hydrogen (secondary N) is 1. The minimum Gasteiger partial charge on any atom is -0.384 e. The van der Waals surface area contributed by atoms with Gasteiger partial charge in [-0.2, -0.15) is 0 Å². The molecule has 1 aromatic heterocycles. The van der Waals surface area contributed by atoms with Gasteiger partial charge in [-0.1, -0.05) is 85.3 Å². The van der Waals surface area contributed by atoms with Crippen molar-refractivity contribution < 1.29 is 0 Å². The topological polar surface area (TPSA) is 84.8 Å². The lowest BCUT2D eigenvalue weighted by Crippen LogP contribution is -2.29. The van der Waals surface area contributed by atoms with Crippen LogP contribution < -0.4 is 11.3 Å². The van der Waals surface area contributed by atoms with Crippen LogP contribution in [0.2, 0.25) is 0 Å². The van der Waals surface area contributed by atoms with E-state index < -0.39 is 0 Å². The highest BCUT2D eigenvalue weighted by Gasteiger charge is 2.15. The van der Waals surface area contributed by atoms with Gasteiger partial charge in [0.05, 0.1) is 12.2 Å². The number of benzene rings is 3. The zero-order valence-electron chi connectivity index (χ0n) is 19.9. The van der Waals surface area contributed by atoms with Crippen LogP contribution in [-0.4, -0.2) is 15.4 Å². The first-order valence-corrected chi connectivity index (χ1v) is 11.5. The summed E-state index contributed by atoms with van der Waals surface area (Å²) in [5.41, 5.74) is 13.4. The first kappa shape index (κ1) is 23.2. The van der Waals surface area contributed by atoms with Gasteiger partial charge in [-0.15, -0.1) is 0 Å². The maximum absolute atomic E-state index is 13.5. The van der Waals surface area contributed by atoms with Crippen molar-refractivity contribution in [3.05, 3.63) is 122 Å². The van der Waals surface area contributed by atoms with Gasteiger partial charge in [0.2, 0.25) is 0 Å². The van der Waals surface area contributed by atoms with Crippen LogP contribution in [0, 0.1) is 19.3 Å². The van der Waals surface area contributed by atoms with Crippen LogP contribution in [0.1, 0.15) is 46.3 Å². The number of hydrogen-bond donors (Lipinski definition) is 2. The second-order valence-electron chi connectivity index (χ2n) is 8.65. The van der Waals surface area contributed by atoms with E-state index in [1.54, 1.807) is 4.57 Å². The summed E-state index contributed by atoms with van der Waals surface area (Å²) < 4.78 is 1.77. The van der Waals surface area contributed by atoms with E-state index in [2.05, 4.69) is 31.2 Å². The van der Waals surface area contributed by atoms with Crippen molar-refractivity contribution in [2.45, 2.75) is 40.2 Å². The molecule has 0 aliphatic rings. The van der Waals surface area contributed by atoms with Crippen molar-refractivity contribution in [1.82, 2.24) is 9.55 Å². The van der Waals surface area contributed by atoms with Crippen LogP contribution in [0.3, 0.4) is 0 Å². The normalized spacial score (nSPS) is 10.9.